The highest BCUT2D eigenvalue weighted by molar-refractivity contribution is 6.17. The lowest BCUT2D eigenvalue weighted by Crippen LogP contribution is -2.42. The highest BCUT2D eigenvalue weighted by Crippen LogP contribution is 2.34. The lowest BCUT2D eigenvalue weighted by molar-refractivity contribution is -0.208. The van der Waals surface area contributed by atoms with Crippen molar-refractivity contribution in [3.63, 3.8) is 0 Å². The molecule has 94 valence electrons. The maximum absolute atomic E-state index is 11.5. The molecule has 1 aliphatic heterocycles. The van der Waals surface area contributed by atoms with E-state index in [2.05, 4.69) is 0 Å². The third kappa shape index (κ3) is 3.09. The molecule has 4 nitrogen and oxygen atoms in total. The second kappa shape index (κ2) is 6.42. The second-order valence-corrected chi connectivity index (χ2v) is 4.28. The summed E-state index contributed by atoms with van der Waals surface area (Å²) in [6.45, 7) is 2.84. The normalized spacial score (nSPS) is 20.7. The van der Waals surface area contributed by atoms with Crippen molar-refractivity contribution in [3.8, 4) is 0 Å². The van der Waals surface area contributed by atoms with Crippen molar-refractivity contribution in [2.45, 2.75) is 32.0 Å². The Morgan fingerprint density at radius 1 is 1.44 bits per heavy atom. The molecule has 0 N–H and O–H groups in total. The molecule has 1 fully saturated rings. The van der Waals surface area contributed by atoms with Crippen molar-refractivity contribution in [2.24, 2.45) is 5.92 Å². The van der Waals surface area contributed by atoms with Crippen molar-refractivity contribution in [1.29, 1.82) is 0 Å². The van der Waals surface area contributed by atoms with Crippen molar-refractivity contribution in [1.82, 2.24) is 0 Å². The first-order valence-electron chi connectivity index (χ1n) is 5.58. The Bertz CT molecular complexity index is 226. The monoisotopic (exact) mass is 250 g/mol. The molecule has 1 atom stereocenters. The van der Waals surface area contributed by atoms with Gasteiger partial charge in [0.05, 0.1) is 20.3 Å². The molecule has 5 heteroatoms. The van der Waals surface area contributed by atoms with Gasteiger partial charge in [0, 0.05) is 12.3 Å². The van der Waals surface area contributed by atoms with Gasteiger partial charge in [0.15, 0.2) is 5.79 Å². The summed E-state index contributed by atoms with van der Waals surface area (Å²) in [5, 5.41) is 0. The van der Waals surface area contributed by atoms with E-state index in [0.717, 1.165) is 12.8 Å². The van der Waals surface area contributed by atoms with Crippen LogP contribution in [0.15, 0.2) is 0 Å². The van der Waals surface area contributed by atoms with Crippen LogP contribution in [0.5, 0.6) is 0 Å². The minimum atomic E-state index is -0.806. The van der Waals surface area contributed by atoms with Crippen LogP contribution in [-0.4, -0.2) is 38.0 Å². The molecule has 16 heavy (non-hydrogen) atoms. The zero-order valence-corrected chi connectivity index (χ0v) is 10.6. The molecule has 1 unspecified atom stereocenters. The van der Waals surface area contributed by atoms with E-state index in [1.807, 2.05) is 0 Å². The van der Waals surface area contributed by atoms with E-state index in [4.69, 9.17) is 25.8 Å². The number of hydrogen-bond donors (Lipinski definition) is 0. The van der Waals surface area contributed by atoms with Crippen LogP contribution in [0.1, 0.15) is 26.2 Å². The summed E-state index contributed by atoms with van der Waals surface area (Å²) in [5.41, 5.74) is 0. The first-order chi connectivity index (χ1) is 7.66. The number of carbonyl (C=O) groups is 1. The van der Waals surface area contributed by atoms with Gasteiger partial charge in [-0.1, -0.05) is 0 Å². The number of hydrogen-bond acceptors (Lipinski definition) is 4. The summed E-state index contributed by atoms with van der Waals surface area (Å²) in [5.74, 6) is -0.898. The molecule has 0 aromatic carbocycles. The second-order valence-electron chi connectivity index (χ2n) is 3.90. The average Bonchev–Trinajstić information content (AvgIpc) is 2.77. The standard InChI is InChI=1S/C11H19ClO4/c1-9(10(13)14-2)11(5-3-4-6-12)15-7-8-16-11/h9H,3-8H2,1-2H3. The minimum Gasteiger partial charge on any atom is -0.469 e. The molecule has 0 bridgehead atoms. The van der Waals surface area contributed by atoms with E-state index < -0.39 is 11.7 Å². The maximum atomic E-state index is 11.5. The molecular formula is C11H19ClO4. The molecule has 1 rings (SSSR count). The number of esters is 1. The van der Waals surface area contributed by atoms with Crippen molar-refractivity contribution >= 4 is 17.6 Å². The highest BCUT2D eigenvalue weighted by Gasteiger charge is 2.45. The smallest absolute Gasteiger partial charge is 0.313 e. The Hall–Kier alpha value is -0.320. The van der Waals surface area contributed by atoms with Gasteiger partial charge in [0.2, 0.25) is 0 Å². The predicted octanol–water partition coefficient (Wildman–Crippen LogP) is 1.95. The number of unbranched alkanes of at least 4 members (excludes halogenated alkanes) is 1. The highest BCUT2D eigenvalue weighted by atomic mass is 35.5. The molecule has 0 amide bonds. The molecule has 0 aliphatic carbocycles. The van der Waals surface area contributed by atoms with E-state index in [-0.39, 0.29) is 5.97 Å². The topological polar surface area (TPSA) is 44.8 Å². The van der Waals surface area contributed by atoms with E-state index in [9.17, 15) is 4.79 Å². The van der Waals surface area contributed by atoms with E-state index in [1.165, 1.54) is 7.11 Å². The van der Waals surface area contributed by atoms with Gasteiger partial charge in [-0.05, 0) is 19.8 Å². The van der Waals surface area contributed by atoms with Crippen LogP contribution < -0.4 is 0 Å². The fraction of sp³-hybridized carbons (Fsp3) is 0.909. The Labute approximate surface area is 101 Å². The SMILES string of the molecule is COC(=O)C(C)C1(CCCCCl)OCCO1. The van der Waals surface area contributed by atoms with Crippen LogP contribution in [0.2, 0.25) is 0 Å². The van der Waals surface area contributed by atoms with Gasteiger partial charge in [0.25, 0.3) is 0 Å². The maximum Gasteiger partial charge on any atom is 0.313 e. The number of carbonyl (C=O) groups excluding carboxylic acids is 1. The summed E-state index contributed by atoms with van der Waals surface area (Å²) in [6, 6.07) is 0. The average molecular weight is 251 g/mol. The summed E-state index contributed by atoms with van der Waals surface area (Å²) in [6.07, 6.45) is 2.45. The molecule has 1 saturated heterocycles. The number of methoxy groups -OCH3 is 1. The lowest BCUT2D eigenvalue weighted by atomic mass is 9.95. The minimum absolute atomic E-state index is 0.298. The molecule has 0 aromatic heterocycles. The van der Waals surface area contributed by atoms with E-state index in [0.29, 0.717) is 25.5 Å². The molecule has 0 spiro atoms. The van der Waals surface area contributed by atoms with Crippen molar-refractivity contribution in [3.05, 3.63) is 0 Å². The number of ether oxygens (including phenoxy) is 3. The van der Waals surface area contributed by atoms with Gasteiger partial charge < -0.3 is 14.2 Å². The molecule has 1 heterocycles. The van der Waals surface area contributed by atoms with Crippen LogP contribution in [0.3, 0.4) is 0 Å². The fourth-order valence-corrected chi connectivity index (χ4v) is 2.09. The zero-order valence-electron chi connectivity index (χ0n) is 9.83. The molecule has 0 aromatic rings. The summed E-state index contributed by atoms with van der Waals surface area (Å²) in [7, 11) is 1.38. The quantitative estimate of drug-likeness (QED) is 0.411. The van der Waals surface area contributed by atoms with Crippen LogP contribution in [0.25, 0.3) is 0 Å². The van der Waals surface area contributed by atoms with Gasteiger partial charge in [0.1, 0.15) is 5.92 Å². The molecule has 0 saturated carbocycles. The van der Waals surface area contributed by atoms with Crippen LogP contribution >= 0.6 is 11.6 Å². The Morgan fingerprint density at radius 3 is 2.56 bits per heavy atom. The molecule has 0 radical (unpaired) electrons. The van der Waals surface area contributed by atoms with Gasteiger partial charge in [-0.25, -0.2) is 0 Å². The van der Waals surface area contributed by atoms with Gasteiger partial charge in [-0.15, -0.1) is 11.6 Å². The van der Waals surface area contributed by atoms with E-state index >= 15 is 0 Å². The number of halogens is 1. The Balaban J connectivity index is 2.60. The van der Waals surface area contributed by atoms with Crippen LogP contribution in [0.4, 0.5) is 0 Å². The third-order valence-electron chi connectivity index (χ3n) is 2.90. The third-order valence-corrected chi connectivity index (χ3v) is 3.17. The summed E-state index contributed by atoms with van der Waals surface area (Å²) >= 11 is 5.63. The largest absolute Gasteiger partial charge is 0.469 e. The van der Waals surface area contributed by atoms with Gasteiger partial charge >= 0.3 is 5.97 Å². The zero-order chi connectivity index (χ0) is 12.0. The van der Waals surface area contributed by atoms with Gasteiger partial charge in [-0.2, -0.15) is 0 Å². The molecular weight excluding hydrogens is 232 g/mol. The number of rotatable bonds is 6. The Kier molecular flexibility index (Phi) is 5.52. The fourth-order valence-electron chi connectivity index (χ4n) is 1.90. The van der Waals surface area contributed by atoms with Crippen molar-refractivity contribution < 1.29 is 19.0 Å². The van der Waals surface area contributed by atoms with Crippen molar-refractivity contribution in [2.75, 3.05) is 26.2 Å². The summed E-state index contributed by atoms with van der Waals surface area (Å²) in [4.78, 5) is 11.5. The van der Waals surface area contributed by atoms with Crippen LogP contribution in [-0.2, 0) is 19.0 Å². The first kappa shape index (κ1) is 13.7. The summed E-state index contributed by atoms with van der Waals surface area (Å²) < 4.78 is 15.9. The molecule has 1 aliphatic rings. The predicted molar refractivity (Wildman–Crippen MR) is 60.4 cm³/mol. The lowest BCUT2D eigenvalue weighted by Gasteiger charge is -2.31. The first-order valence-corrected chi connectivity index (χ1v) is 6.11. The number of alkyl halides is 1. The Morgan fingerprint density at radius 2 is 2.06 bits per heavy atom. The van der Waals surface area contributed by atoms with Crippen LogP contribution in [0, 0.1) is 5.92 Å². The van der Waals surface area contributed by atoms with E-state index in [1.54, 1.807) is 6.92 Å². The van der Waals surface area contributed by atoms with Gasteiger partial charge in [-0.3, -0.25) is 4.79 Å².